The summed E-state index contributed by atoms with van der Waals surface area (Å²) in [6.07, 6.45) is 1.27. The van der Waals surface area contributed by atoms with E-state index < -0.39 is 7.14 Å². The van der Waals surface area contributed by atoms with Crippen LogP contribution in [0.3, 0.4) is 0 Å². The van der Waals surface area contributed by atoms with Gasteiger partial charge in [-0.05, 0) is 30.3 Å². The van der Waals surface area contributed by atoms with E-state index in [2.05, 4.69) is 6.58 Å². The lowest BCUT2D eigenvalue weighted by Crippen LogP contribution is -2.34. The van der Waals surface area contributed by atoms with Crippen molar-refractivity contribution in [3.8, 4) is 0 Å². The van der Waals surface area contributed by atoms with E-state index in [4.69, 9.17) is 11.6 Å². The standard InChI is InChI=1S/C22H19ClNO2P/c1-2-22(25)24(19-15-13-18(23)14-16-19)17-27(26,20-9-5-3-6-10-20)21-11-7-4-8-12-21/h2-16H,1,17H2. The van der Waals surface area contributed by atoms with Gasteiger partial charge in [0.25, 0.3) is 5.91 Å². The molecular formula is C22H19ClNO2P. The predicted molar refractivity (Wildman–Crippen MR) is 114 cm³/mol. The zero-order valence-corrected chi connectivity index (χ0v) is 16.3. The van der Waals surface area contributed by atoms with Crippen LogP contribution >= 0.6 is 18.7 Å². The van der Waals surface area contributed by atoms with Gasteiger partial charge in [0.2, 0.25) is 0 Å². The van der Waals surface area contributed by atoms with Crippen molar-refractivity contribution in [1.82, 2.24) is 0 Å². The molecule has 3 aromatic carbocycles. The van der Waals surface area contributed by atoms with E-state index in [1.807, 2.05) is 60.7 Å². The first-order valence-corrected chi connectivity index (χ1v) is 10.7. The smallest absolute Gasteiger partial charge is 0.250 e. The summed E-state index contributed by atoms with van der Waals surface area (Å²) in [6, 6.07) is 25.4. The summed E-state index contributed by atoms with van der Waals surface area (Å²) in [6.45, 7) is 3.59. The van der Waals surface area contributed by atoms with Gasteiger partial charge < -0.3 is 9.46 Å². The number of rotatable bonds is 6. The third-order valence-corrected chi connectivity index (χ3v) is 7.46. The van der Waals surface area contributed by atoms with E-state index >= 15 is 0 Å². The maximum absolute atomic E-state index is 14.2. The lowest BCUT2D eigenvalue weighted by atomic mass is 10.3. The van der Waals surface area contributed by atoms with E-state index in [-0.39, 0.29) is 12.2 Å². The highest BCUT2D eigenvalue weighted by Gasteiger charge is 2.31. The minimum absolute atomic E-state index is 0.0352. The van der Waals surface area contributed by atoms with Crippen molar-refractivity contribution in [2.45, 2.75) is 0 Å². The van der Waals surface area contributed by atoms with Gasteiger partial charge in [0.05, 0.1) is 6.29 Å². The topological polar surface area (TPSA) is 37.4 Å². The highest BCUT2D eigenvalue weighted by atomic mass is 35.5. The monoisotopic (exact) mass is 395 g/mol. The van der Waals surface area contributed by atoms with Crippen LogP contribution < -0.4 is 15.5 Å². The molecule has 0 radical (unpaired) electrons. The van der Waals surface area contributed by atoms with Gasteiger partial charge in [-0.15, -0.1) is 0 Å². The average Bonchev–Trinajstić information content (AvgIpc) is 2.73. The van der Waals surface area contributed by atoms with Crippen LogP contribution in [0, 0.1) is 0 Å². The molecule has 0 aliphatic rings. The first-order chi connectivity index (χ1) is 13.0. The van der Waals surface area contributed by atoms with Crippen molar-refractivity contribution in [2.75, 3.05) is 11.2 Å². The normalized spacial score (nSPS) is 11.0. The van der Waals surface area contributed by atoms with E-state index in [0.29, 0.717) is 21.3 Å². The number of hydrogen-bond acceptors (Lipinski definition) is 2. The Morgan fingerprint density at radius 3 is 1.81 bits per heavy atom. The second kappa shape index (κ2) is 8.39. The lowest BCUT2D eigenvalue weighted by Gasteiger charge is -2.28. The maximum Gasteiger partial charge on any atom is 0.250 e. The van der Waals surface area contributed by atoms with Crippen molar-refractivity contribution in [3.05, 3.63) is 103 Å². The fourth-order valence-electron chi connectivity index (χ4n) is 2.86. The summed E-state index contributed by atoms with van der Waals surface area (Å²) >= 11 is 5.98. The largest absolute Gasteiger partial charge is 0.312 e. The molecule has 27 heavy (non-hydrogen) atoms. The van der Waals surface area contributed by atoms with Crippen molar-refractivity contribution >= 4 is 40.9 Å². The molecule has 0 atom stereocenters. The molecule has 0 spiro atoms. The number of nitrogens with zero attached hydrogens (tertiary/aromatic N) is 1. The molecule has 1 amide bonds. The zero-order chi connectivity index (χ0) is 19.3. The van der Waals surface area contributed by atoms with Gasteiger partial charge in [0.1, 0.15) is 0 Å². The second-order valence-electron chi connectivity index (χ2n) is 6.00. The first kappa shape index (κ1) is 19.2. The number of benzene rings is 3. The lowest BCUT2D eigenvalue weighted by molar-refractivity contribution is -0.114. The fraction of sp³-hybridized carbons (Fsp3) is 0.0455. The Balaban J connectivity index is 2.11. The van der Waals surface area contributed by atoms with Crippen molar-refractivity contribution < 1.29 is 9.36 Å². The molecule has 0 fully saturated rings. The molecule has 0 aromatic heterocycles. The van der Waals surface area contributed by atoms with Crippen LogP contribution in [0.15, 0.2) is 97.6 Å². The summed E-state index contributed by atoms with van der Waals surface area (Å²) in [7, 11) is -3.10. The Morgan fingerprint density at radius 1 is 0.889 bits per heavy atom. The Morgan fingerprint density at radius 2 is 1.37 bits per heavy atom. The number of amides is 1. The highest BCUT2D eigenvalue weighted by Crippen LogP contribution is 2.45. The summed E-state index contributed by atoms with van der Waals surface area (Å²) < 4.78 is 14.2. The molecule has 3 nitrogen and oxygen atoms in total. The van der Waals surface area contributed by atoms with E-state index in [1.54, 1.807) is 24.3 Å². The fourth-order valence-corrected chi connectivity index (χ4v) is 5.62. The SMILES string of the molecule is C=CC(=O)N(CP(=O)(c1ccccc1)c1ccccc1)c1ccc(Cl)cc1. The molecule has 0 aliphatic carbocycles. The third-order valence-electron chi connectivity index (χ3n) is 4.27. The van der Waals surface area contributed by atoms with Crippen LogP contribution in [-0.4, -0.2) is 12.2 Å². The van der Waals surface area contributed by atoms with Gasteiger partial charge in [-0.3, -0.25) is 4.79 Å². The van der Waals surface area contributed by atoms with Crippen molar-refractivity contribution in [1.29, 1.82) is 0 Å². The van der Waals surface area contributed by atoms with Crippen molar-refractivity contribution in [2.24, 2.45) is 0 Å². The molecule has 5 heteroatoms. The number of hydrogen-bond donors (Lipinski definition) is 0. The summed E-state index contributed by atoms with van der Waals surface area (Å²) in [5.41, 5.74) is 0.622. The Hall–Kier alpha value is -2.61. The van der Waals surface area contributed by atoms with Gasteiger partial charge in [0, 0.05) is 21.3 Å². The van der Waals surface area contributed by atoms with Crippen molar-refractivity contribution in [3.63, 3.8) is 0 Å². The molecule has 0 aliphatic heterocycles. The molecule has 0 N–H and O–H groups in total. The Bertz CT molecular complexity index is 929. The molecule has 0 heterocycles. The molecular weight excluding hydrogens is 377 g/mol. The minimum atomic E-state index is -3.10. The van der Waals surface area contributed by atoms with Gasteiger partial charge in [-0.25, -0.2) is 0 Å². The van der Waals surface area contributed by atoms with Crippen LogP contribution in [0.1, 0.15) is 0 Å². The molecule has 0 unspecified atom stereocenters. The number of carbonyl (C=O) groups is 1. The molecule has 3 rings (SSSR count). The molecule has 0 bridgehead atoms. The second-order valence-corrected chi connectivity index (χ2v) is 9.23. The summed E-state index contributed by atoms with van der Waals surface area (Å²) in [5, 5.41) is 1.97. The predicted octanol–water partition coefficient (Wildman–Crippen LogP) is 4.83. The third kappa shape index (κ3) is 4.21. The average molecular weight is 396 g/mol. The van der Waals surface area contributed by atoms with Crippen LogP contribution in [-0.2, 0) is 9.36 Å². The quantitative estimate of drug-likeness (QED) is 0.443. The number of anilines is 1. The van der Waals surface area contributed by atoms with Gasteiger partial charge in [-0.1, -0.05) is 78.8 Å². The molecule has 136 valence electrons. The summed E-state index contributed by atoms with van der Waals surface area (Å²) in [5.74, 6) is -0.315. The van der Waals surface area contributed by atoms with E-state index in [0.717, 1.165) is 0 Å². The van der Waals surface area contributed by atoms with E-state index in [9.17, 15) is 9.36 Å². The van der Waals surface area contributed by atoms with Crippen LogP contribution in [0.4, 0.5) is 5.69 Å². The van der Waals surface area contributed by atoms with Crippen LogP contribution in [0.2, 0.25) is 5.02 Å². The van der Waals surface area contributed by atoms with Gasteiger partial charge in [-0.2, -0.15) is 0 Å². The van der Waals surface area contributed by atoms with Crippen LogP contribution in [0.5, 0.6) is 0 Å². The minimum Gasteiger partial charge on any atom is -0.312 e. The molecule has 0 saturated heterocycles. The maximum atomic E-state index is 14.2. The van der Waals surface area contributed by atoms with E-state index in [1.165, 1.54) is 11.0 Å². The van der Waals surface area contributed by atoms with Gasteiger partial charge in [0.15, 0.2) is 7.14 Å². The van der Waals surface area contributed by atoms with Crippen LogP contribution in [0.25, 0.3) is 0 Å². The molecule has 0 saturated carbocycles. The molecule has 3 aromatic rings. The first-order valence-electron chi connectivity index (χ1n) is 8.44. The highest BCUT2D eigenvalue weighted by molar-refractivity contribution is 7.78. The zero-order valence-electron chi connectivity index (χ0n) is 14.7. The number of halogens is 1. The van der Waals surface area contributed by atoms with Gasteiger partial charge >= 0.3 is 0 Å². The Labute approximate surface area is 164 Å². The number of carbonyl (C=O) groups excluding carboxylic acids is 1. The summed E-state index contributed by atoms with van der Waals surface area (Å²) in [4.78, 5) is 14.1. The Kier molecular flexibility index (Phi) is 5.95.